The summed E-state index contributed by atoms with van der Waals surface area (Å²) in [5, 5.41) is 6.41. The summed E-state index contributed by atoms with van der Waals surface area (Å²) in [7, 11) is 0. The van der Waals surface area contributed by atoms with Crippen LogP contribution >= 0.6 is 0 Å². The average Bonchev–Trinajstić information content (AvgIpc) is 3.62. The average molecular weight is 753 g/mol. The fraction of sp³-hybridized carbons (Fsp3) is 0.463. The van der Waals surface area contributed by atoms with Gasteiger partial charge in [0.1, 0.15) is 18.4 Å². The number of benzene rings is 3. The van der Waals surface area contributed by atoms with Gasteiger partial charge in [0.25, 0.3) is 5.91 Å². The first kappa shape index (κ1) is 40.2. The number of ether oxygens (including phenoxy) is 1. The van der Waals surface area contributed by atoms with Crippen molar-refractivity contribution in [2.45, 2.75) is 102 Å². The summed E-state index contributed by atoms with van der Waals surface area (Å²) in [5.41, 5.74) is 1.81. The van der Waals surface area contributed by atoms with Crippen LogP contribution in [0, 0.1) is 5.82 Å². The number of amides is 4. The largest absolute Gasteiger partial charge is 0.427 e. The predicted molar refractivity (Wildman–Crippen MR) is 196 cm³/mol. The molecule has 2 atom stereocenters. The maximum Gasteiger partial charge on any atom is 0.418 e. The van der Waals surface area contributed by atoms with E-state index in [4.69, 9.17) is 4.74 Å². The van der Waals surface area contributed by atoms with E-state index in [1.807, 2.05) is 36.4 Å². The predicted octanol–water partition coefficient (Wildman–Crippen LogP) is 7.82. The Morgan fingerprint density at radius 2 is 1.52 bits per heavy atom. The van der Waals surface area contributed by atoms with Crippen molar-refractivity contribution in [2.24, 2.45) is 0 Å². The standard InChI is InChI=1S/C41H48F4N4O5/c1-29(41(43,44)45)48(27-31-15-17-33(42)18-16-31)37(51)28-49-38(52)40(54-39(49)53)22-21-32-26-34(19-20-35(32)40)46-23-11-6-4-2-3-5-7-12-24-47-36(50)25-30-13-9-8-10-14-30/h8-10,13-20,26,29,46H,2-7,11-12,21-25,27-28H2,1H3,(H,47,50)/t29-,40+/m0/s1. The smallest absolute Gasteiger partial charge is 0.418 e. The van der Waals surface area contributed by atoms with Crippen LogP contribution in [0.3, 0.4) is 0 Å². The highest BCUT2D eigenvalue weighted by atomic mass is 19.4. The molecule has 0 saturated carbocycles. The number of rotatable bonds is 19. The normalized spacial score (nSPS) is 17.0. The molecule has 1 aliphatic carbocycles. The van der Waals surface area contributed by atoms with Crippen molar-refractivity contribution in [2.75, 3.05) is 25.0 Å². The molecule has 0 aromatic heterocycles. The molecule has 3 aromatic rings. The lowest BCUT2D eigenvalue weighted by atomic mass is 9.94. The van der Waals surface area contributed by atoms with Crippen LogP contribution in [0.4, 0.5) is 28.0 Å². The molecule has 54 heavy (non-hydrogen) atoms. The minimum atomic E-state index is -4.78. The zero-order chi connectivity index (χ0) is 38.7. The van der Waals surface area contributed by atoms with Crippen molar-refractivity contribution in [1.29, 1.82) is 0 Å². The maximum absolute atomic E-state index is 13.8. The second-order valence-corrected chi connectivity index (χ2v) is 14.1. The van der Waals surface area contributed by atoms with Gasteiger partial charge in [-0.2, -0.15) is 13.2 Å². The van der Waals surface area contributed by atoms with E-state index in [9.17, 15) is 36.7 Å². The summed E-state index contributed by atoms with van der Waals surface area (Å²) < 4.78 is 60.3. The third-order valence-electron chi connectivity index (χ3n) is 10.1. The van der Waals surface area contributed by atoms with Gasteiger partial charge in [0.2, 0.25) is 17.4 Å². The van der Waals surface area contributed by atoms with E-state index in [0.717, 1.165) is 93.8 Å². The van der Waals surface area contributed by atoms with Gasteiger partial charge in [-0.1, -0.05) is 87.1 Å². The van der Waals surface area contributed by atoms with E-state index in [2.05, 4.69) is 10.6 Å². The Morgan fingerprint density at radius 3 is 2.19 bits per heavy atom. The Kier molecular flexibility index (Phi) is 13.7. The summed E-state index contributed by atoms with van der Waals surface area (Å²) in [6, 6.07) is 17.6. The molecule has 9 nitrogen and oxygen atoms in total. The number of alkyl halides is 3. The fourth-order valence-corrected chi connectivity index (χ4v) is 7.01. The number of unbranched alkanes of at least 4 members (excludes halogenated alkanes) is 7. The summed E-state index contributed by atoms with van der Waals surface area (Å²) >= 11 is 0. The molecular weight excluding hydrogens is 704 g/mol. The van der Waals surface area contributed by atoms with Crippen LogP contribution in [0.2, 0.25) is 0 Å². The summed E-state index contributed by atoms with van der Waals surface area (Å²) in [6.07, 6.45) is 3.86. The van der Waals surface area contributed by atoms with Crippen molar-refractivity contribution < 1.29 is 41.5 Å². The monoisotopic (exact) mass is 752 g/mol. The lowest BCUT2D eigenvalue weighted by Gasteiger charge is -2.31. The maximum atomic E-state index is 13.8. The molecule has 2 aliphatic rings. The second kappa shape index (κ2) is 18.4. The molecule has 13 heteroatoms. The minimum absolute atomic E-state index is 0.0565. The Bertz CT molecular complexity index is 1750. The molecule has 0 bridgehead atoms. The molecule has 1 saturated heterocycles. The van der Waals surface area contributed by atoms with E-state index < -0.39 is 54.6 Å². The zero-order valence-electron chi connectivity index (χ0n) is 30.6. The molecule has 3 aromatic carbocycles. The Labute approximate surface area is 313 Å². The van der Waals surface area contributed by atoms with Gasteiger partial charge < -0.3 is 20.3 Å². The summed E-state index contributed by atoms with van der Waals surface area (Å²) in [6.45, 7) is 0.858. The molecule has 1 aliphatic heterocycles. The first-order chi connectivity index (χ1) is 25.9. The van der Waals surface area contributed by atoms with E-state index in [1.165, 1.54) is 12.1 Å². The van der Waals surface area contributed by atoms with Gasteiger partial charge >= 0.3 is 12.3 Å². The van der Waals surface area contributed by atoms with E-state index in [-0.39, 0.29) is 17.9 Å². The highest BCUT2D eigenvalue weighted by Crippen LogP contribution is 2.46. The first-order valence-corrected chi connectivity index (χ1v) is 18.7. The van der Waals surface area contributed by atoms with Crippen molar-refractivity contribution in [3.63, 3.8) is 0 Å². The highest BCUT2D eigenvalue weighted by Gasteiger charge is 2.58. The van der Waals surface area contributed by atoms with Crippen LogP contribution in [-0.4, -0.2) is 65.5 Å². The molecule has 4 amide bonds. The SMILES string of the molecule is C[C@H](N(Cc1ccc(F)cc1)C(=O)CN1C(=O)O[C@@]2(CCc3cc(NCCCCCCCCCCNC(=O)Cc4ccccc4)ccc32)C1=O)C(F)(F)F. The number of carbonyl (C=O) groups is 4. The first-order valence-electron chi connectivity index (χ1n) is 18.7. The number of hydrogen-bond acceptors (Lipinski definition) is 6. The van der Waals surface area contributed by atoms with Gasteiger partial charge in [0.15, 0.2) is 0 Å². The number of nitrogens with zero attached hydrogens (tertiary/aromatic N) is 2. The summed E-state index contributed by atoms with van der Waals surface area (Å²) in [5.74, 6) is -2.41. The van der Waals surface area contributed by atoms with Crippen LogP contribution in [-0.2, 0) is 44.1 Å². The Morgan fingerprint density at radius 1 is 0.870 bits per heavy atom. The van der Waals surface area contributed by atoms with Gasteiger partial charge in [-0.25, -0.2) is 14.1 Å². The molecule has 5 rings (SSSR count). The highest BCUT2D eigenvalue weighted by molar-refractivity contribution is 6.06. The van der Waals surface area contributed by atoms with Gasteiger partial charge in [-0.15, -0.1) is 0 Å². The topological polar surface area (TPSA) is 108 Å². The van der Waals surface area contributed by atoms with Crippen molar-refractivity contribution in [1.82, 2.24) is 15.1 Å². The van der Waals surface area contributed by atoms with Crippen molar-refractivity contribution >= 4 is 29.5 Å². The molecule has 2 N–H and O–H groups in total. The van der Waals surface area contributed by atoms with Gasteiger partial charge in [0.05, 0.1) is 6.42 Å². The number of fused-ring (bicyclic) bond motifs is 2. The number of anilines is 1. The number of aryl methyl sites for hydroxylation is 1. The van der Waals surface area contributed by atoms with Crippen molar-refractivity contribution in [3.8, 4) is 0 Å². The number of hydrogen-bond donors (Lipinski definition) is 2. The van der Waals surface area contributed by atoms with Gasteiger partial charge in [-0.05, 0) is 67.1 Å². The lowest BCUT2D eigenvalue weighted by Crippen LogP contribution is -2.51. The number of nitrogens with one attached hydrogen (secondary N) is 2. The Hall–Kier alpha value is -4.94. The van der Waals surface area contributed by atoms with Crippen molar-refractivity contribution in [3.05, 3.63) is 101 Å². The van der Waals surface area contributed by atoms with E-state index >= 15 is 0 Å². The molecule has 290 valence electrons. The number of halogens is 4. The zero-order valence-corrected chi connectivity index (χ0v) is 30.6. The second-order valence-electron chi connectivity index (χ2n) is 14.1. The van der Waals surface area contributed by atoms with Gasteiger partial charge in [0, 0.05) is 37.3 Å². The molecular formula is C41H48F4N4O5. The third-order valence-corrected chi connectivity index (χ3v) is 10.1. The number of imide groups is 1. The Balaban J connectivity index is 1.02. The van der Waals surface area contributed by atoms with Gasteiger partial charge in [-0.3, -0.25) is 14.4 Å². The molecule has 1 fully saturated rings. The van der Waals surface area contributed by atoms with Crippen LogP contribution < -0.4 is 10.6 Å². The fourth-order valence-electron chi connectivity index (χ4n) is 7.01. The molecule has 1 spiro atoms. The third kappa shape index (κ3) is 10.4. The summed E-state index contributed by atoms with van der Waals surface area (Å²) in [4.78, 5) is 53.1. The molecule has 0 radical (unpaired) electrons. The van der Waals surface area contributed by atoms with Crippen LogP contribution in [0.5, 0.6) is 0 Å². The number of carbonyl (C=O) groups excluding carboxylic acids is 4. The molecule has 0 unspecified atom stereocenters. The minimum Gasteiger partial charge on any atom is -0.427 e. The van der Waals surface area contributed by atoms with Crippen LogP contribution in [0.15, 0.2) is 72.8 Å². The quantitative estimate of drug-likeness (QED) is 0.0956. The van der Waals surface area contributed by atoms with E-state index in [0.29, 0.717) is 34.7 Å². The lowest BCUT2D eigenvalue weighted by molar-refractivity contribution is -0.187. The van der Waals surface area contributed by atoms with Crippen LogP contribution in [0.25, 0.3) is 0 Å². The molecule has 1 heterocycles. The van der Waals surface area contributed by atoms with Crippen LogP contribution in [0.1, 0.15) is 87.0 Å². The van der Waals surface area contributed by atoms with E-state index in [1.54, 1.807) is 12.1 Å².